The standard InChI is InChI=1S/C19H25N5O/c1-14-20-17(13-18(21-14)24-11-5-4-6-12-24)19(25)22-15-7-9-16(10-8-15)23(2)3/h7-10,13H,4-6,11-12H2,1-3H3,(H,22,25). The van der Waals surface area contributed by atoms with E-state index in [1.54, 1.807) is 6.07 Å². The Morgan fingerprint density at radius 3 is 2.40 bits per heavy atom. The number of piperidine rings is 1. The molecule has 2 aromatic rings. The predicted octanol–water partition coefficient (Wildman–Crippen LogP) is 3.09. The van der Waals surface area contributed by atoms with Gasteiger partial charge in [0, 0.05) is 44.6 Å². The number of aromatic nitrogens is 2. The number of aryl methyl sites for hydroxylation is 1. The van der Waals surface area contributed by atoms with Crippen molar-refractivity contribution in [1.82, 2.24) is 9.97 Å². The highest BCUT2D eigenvalue weighted by molar-refractivity contribution is 6.03. The second-order valence-corrected chi connectivity index (χ2v) is 6.60. The number of hydrogen-bond acceptors (Lipinski definition) is 5. The van der Waals surface area contributed by atoms with Crippen LogP contribution in [-0.2, 0) is 0 Å². The molecule has 1 fully saturated rings. The number of amides is 1. The monoisotopic (exact) mass is 339 g/mol. The number of carbonyl (C=O) groups is 1. The van der Waals surface area contributed by atoms with E-state index >= 15 is 0 Å². The number of nitrogens with one attached hydrogen (secondary N) is 1. The van der Waals surface area contributed by atoms with Crippen molar-refractivity contribution in [3.05, 3.63) is 41.9 Å². The van der Waals surface area contributed by atoms with E-state index in [-0.39, 0.29) is 5.91 Å². The van der Waals surface area contributed by atoms with Crippen LogP contribution in [0.1, 0.15) is 35.6 Å². The Bertz CT molecular complexity index is 736. The first kappa shape index (κ1) is 17.2. The van der Waals surface area contributed by atoms with Crippen molar-refractivity contribution in [3.8, 4) is 0 Å². The molecule has 1 amide bonds. The molecule has 1 aliphatic rings. The van der Waals surface area contributed by atoms with E-state index in [0.29, 0.717) is 11.5 Å². The van der Waals surface area contributed by atoms with Gasteiger partial charge in [0.2, 0.25) is 0 Å². The maximum atomic E-state index is 12.6. The molecule has 1 aromatic heterocycles. The molecule has 0 saturated carbocycles. The Morgan fingerprint density at radius 1 is 1.08 bits per heavy atom. The molecule has 0 radical (unpaired) electrons. The van der Waals surface area contributed by atoms with Gasteiger partial charge < -0.3 is 15.1 Å². The van der Waals surface area contributed by atoms with E-state index < -0.39 is 0 Å². The summed E-state index contributed by atoms with van der Waals surface area (Å²) in [5, 5.41) is 2.92. The van der Waals surface area contributed by atoms with Gasteiger partial charge in [-0.1, -0.05) is 0 Å². The van der Waals surface area contributed by atoms with E-state index in [1.165, 1.54) is 19.3 Å². The Labute approximate surface area is 148 Å². The van der Waals surface area contributed by atoms with Crippen molar-refractivity contribution in [2.24, 2.45) is 0 Å². The lowest BCUT2D eigenvalue weighted by Gasteiger charge is -2.28. The minimum absolute atomic E-state index is 0.207. The summed E-state index contributed by atoms with van der Waals surface area (Å²) in [7, 11) is 3.97. The summed E-state index contributed by atoms with van der Waals surface area (Å²) in [5.74, 6) is 1.26. The fraction of sp³-hybridized carbons (Fsp3) is 0.421. The maximum absolute atomic E-state index is 12.6. The van der Waals surface area contributed by atoms with Gasteiger partial charge in [0.05, 0.1) is 0 Å². The van der Waals surface area contributed by atoms with Gasteiger partial charge in [-0.15, -0.1) is 0 Å². The summed E-state index contributed by atoms with van der Waals surface area (Å²) in [6.45, 7) is 3.81. The van der Waals surface area contributed by atoms with E-state index in [2.05, 4.69) is 20.2 Å². The van der Waals surface area contributed by atoms with Crippen LogP contribution in [0.3, 0.4) is 0 Å². The zero-order chi connectivity index (χ0) is 17.8. The molecular weight excluding hydrogens is 314 g/mol. The molecular formula is C19H25N5O. The Hall–Kier alpha value is -2.63. The molecule has 6 heteroatoms. The lowest BCUT2D eigenvalue weighted by molar-refractivity contribution is 0.102. The van der Waals surface area contributed by atoms with Crippen LogP contribution in [0.25, 0.3) is 0 Å². The van der Waals surface area contributed by atoms with Crippen LogP contribution in [0.2, 0.25) is 0 Å². The second-order valence-electron chi connectivity index (χ2n) is 6.60. The summed E-state index contributed by atoms with van der Waals surface area (Å²) in [5.41, 5.74) is 2.25. The summed E-state index contributed by atoms with van der Waals surface area (Å²) in [6.07, 6.45) is 3.60. The molecule has 1 aliphatic heterocycles. The van der Waals surface area contributed by atoms with Crippen LogP contribution < -0.4 is 15.1 Å². The van der Waals surface area contributed by atoms with Crippen molar-refractivity contribution in [1.29, 1.82) is 0 Å². The molecule has 3 rings (SSSR count). The lowest BCUT2D eigenvalue weighted by atomic mass is 10.1. The topological polar surface area (TPSA) is 61.4 Å². The molecule has 25 heavy (non-hydrogen) atoms. The zero-order valence-corrected chi connectivity index (χ0v) is 15.1. The van der Waals surface area contributed by atoms with Gasteiger partial charge in [-0.25, -0.2) is 9.97 Å². The first-order valence-electron chi connectivity index (χ1n) is 8.72. The smallest absolute Gasteiger partial charge is 0.274 e. The molecule has 0 bridgehead atoms. The summed E-state index contributed by atoms with van der Waals surface area (Å²) in [4.78, 5) is 25.7. The molecule has 1 aromatic carbocycles. The SMILES string of the molecule is Cc1nc(C(=O)Nc2ccc(N(C)C)cc2)cc(N2CCCCC2)n1. The van der Waals surface area contributed by atoms with Crippen LogP contribution in [0.5, 0.6) is 0 Å². The largest absolute Gasteiger partial charge is 0.378 e. The van der Waals surface area contributed by atoms with Crippen LogP contribution in [0.15, 0.2) is 30.3 Å². The van der Waals surface area contributed by atoms with Gasteiger partial charge in [0.25, 0.3) is 5.91 Å². The molecule has 6 nitrogen and oxygen atoms in total. The van der Waals surface area contributed by atoms with Crippen molar-refractivity contribution in [3.63, 3.8) is 0 Å². The molecule has 132 valence electrons. The average Bonchev–Trinajstić information content (AvgIpc) is 2.62. The van der Waals surface area contributed by atoms with Crippen molar-refractivity contribution in [2.75, 3.05) is 42.3 Å². The van der Waals surface area contributed by atoms with Crippen LogP contribution >= 0.6 is 0 Å². The quantitative estimate of drug-likeness (QED) is 0.927. The number of hydrogen-bond donors (Lipinski definition) is 1. The lowest BCUT2D eigenvalue weighted by Crippen LogP contribution is -2.31. The molecule has 1 N–H and O–H groups in total. The highest BCUT2D eigenvalue weighted by atomic mass is 16.1. The van der Waals surface area contributed by atoms with E-state index in [0.717, 1.165) is 30.3 Å². The van der Waals surface area contributed by atoms with Crippen molar-refractivity contribution < 1.29 is 4.79 Å². The normalized spacial score (nSPS) is 14.3. The van der Waals surface area contributed by atoms with E-state index in [4.69, 9.17) is 0 Å². The van der Waals surface area contributed by atoms with E-state index in [9.17, 15) is 4.79 Å². The number of benzene rings is 1. The Morgan fingerprint density at radius 2 is 1.76 bits per heavy atom. The van der Waals surface area contributed by atoms with Crippen LogP contribution in [0, 0.1) is 6.92 Å². The van der Waals surface area contributed by atoms with Gasteiger partial charge in [-0.3, -0.25) is 4.79 Å². The van der Waals surface area contributed by atoms with Gasteiger partial charge in [-0.2, -0.15) is 0 Å². The van der Waals surface area contributed by atoms with Gasteiger partial charge in [0.15, 0.2) is 0 Å². The molecule has 0 atom stereocenters. The molecule has 0 unspecified atom stereocenters. The zero-order valence-electron chi connectivity index (χ0n) is 15.1. The summed E-state index contributed by atoms with van der Waals surface area (Å²) < 4.78 is 0. The predicted molar refractivity (Wildman–Crippen MR) is 102 cm³/mol. The number of nitrogens with zero attached hydrogens (tertiary/aromatic N) is 4. The first-order valence-corrected chi connectivity index (χ1v) is 8.72. The first-order chi connectivity index (χ1) is 12.0. The highest BCUT2D eigenvalue weighted by Gasteiger charge is 2.16. The number of anilines is 3. The number of rotatable bonds is 4. The minimum atomic E-state index is -0.207. The maximum Gasteiger partial charge on any atom is 0.274 e. The van der Waals surface area contributed by atoms with Crippen LogP contribution in [0.4, 0.5) is 17.2 Å². The van der Waals surface area contributed by atoms with Crippen molar-refractivity contribution >= 4 is 23.1 Å². The van der Waals surface area contributed by atoms with Crippen LogP contribution in [-0.4, -0.2) is 43.1 Å². The molecule has 0 spiro atoms. The highest BCUT2D eigenvalue weighted by Crippen LogP contribution is 2.20. The Balaban J connectivity index is 1.76. The third-order valence-corrected chi connectivity index (χ3v) is 4.38. The van der Waals surface area contributed by atoms with E-state index in [1.807, 2.05) is 50.2 Å². The van der Waals surface area contributed by atoms with Gasteiger partial charge >= 0.3 is 0 Å². The summed E-state index contributed by atoms with van der Waals surface area (Å²) in [6, 6.07) is 9.53. The molecule has 0 aliphatic carbocycles. The van der Waals surface area contributed by atoms with Gasteiger partial charge in [0.1, 0.15) is 17.3 Å². The fourth-order valence-electron chi connectivity index (χ4n) is 2.99. The Kier molecular flexibility index (Phi) is 5.16. The number of carbonyl (C=O) groups excluding carboxylic acids is 1. The average molecular weight is 339 g/mol. The van der Waals surface area contributed by atoms with Gasteiger partial charge in [-0.05, 0) is 50.5 Å². The third-order valence-electron chi connectivity index (χ3n) is 4.38. The summed E-state index contributed by atoms with van der Waals surface area (Å²) >= 11 is 0. The third kappa shape index (κ3) is 4.26. The molecule has 1 saturated heterocycles. The molecule has 2 heterocycles. The fourth-order valence-corrected chi connectivity index (χ4v) is 2.99. The minimum Gasteiger partial charge on any atom is -0.378 e. The second kappa shape index (κ2) is 7.51. The van der Waals surface area contributed by atoms with Crippen molar-refractivity contribution in [2.45, 2.75) is 26.2 Å².